The van der Waals surface area contributed by atoms with Gasteiger partial charge in [-0.25, -0.2) is 0 Å². The van der Waals surface area contributed by atoms with E-state index >= 15 is 0 Å². The highest BCUT2D eigenvalue weighted by Crippen LogP contribution is 2.10. The summed E-state index contributed by atoms with van der Waals surface area (Å²) in [5.41, 5.74) is 0. The standard InChI is InChI=1S/C51H78O6/c1-4-7-10-13-16-19-22-24-25-27-29-32-35-38-41-44-50(53)56-47-48(46-55-49(52)43-40-37-34-31-28-21-18-15-12-9-6-3)57-51(54)45-42-39-36-33-30-26-23-20-17-14-11-8-5-2/h7-8,10-11,15-20,24-26,29-30,32,36,38-39,41,48H,4-6,9,12-14,21-23,27-28,31,33-35,37,40,42-47H2,1-3H3/b10-7-,11-8-,18-15-,19-16-,20-17-,25-24-,30-26-,32-29-,39-36-,41-38-. The fraction of sp³-hybridized carbons (Fsp3) is 0.549. The summed E-state index contributed by atoms with van der Waals surface area (Å²) in [6, 6.07) is 0. The normalized spacial score (nSPS) is 13.2. The van der Waals surface area contributed by atoms with Gasteiger partial charge >= 0.3 is 17.9 Å². The lowest BCUT2D eigenvalue weighted by atomic mass is 10.1. The van der Waals surface area contributed by atoms with E-state index in [2.05, 4.69) is 118 Å². The number of allylic oxidation sites excluding steroid dienone is 19. The maximum atomic E-state index is 12.7. The molecule has 0 saturated heterocycles. The molecule has 6 heteroatoms. The largest absolute Gasteiger partial charge is 0.462 e. The van der Waals surface area contributed by atoms with Gasteiger partial charge in [0.25, 0.3) is 0 Å². The number of unbranched alkanes of at least 4 members (excludes halogenated alkanes) is 7. The second-order valence-corrected chi connectivity index (χ2v) is 13.8. The van der Waals surface area contributed by atoms with Crippen LogP contribution in [0.15, 0.2) is 122 Å². The van der Waals surface area contributed by atoms with Crippen LogP contribution in [0.5, 0.6) is 0 Å². The van der Waals surface area contributed by atoms with Crippen LogP contribution in [-0.2, 0) is 28.6 Å². The molecule has 0 heterocycles. The molecule has 318 valence electrons. The van der Waals surface area contributed by atoms with Gasteiger partial charge in [0.05, 0.1) is 6.42 Å². The minimum absolute atomic E-state index is 0.106. The van der Waals surface area contributed by atoms with Crippen molar-refractivity contribution in [2.75, 3.05) is 13.2 Å². The first-order valence-electron chi connectivity index (χ1n) is 22.0. The highest BCUT2D eigenvalue weighted by molar-refractivity contribution is 5.72. The number of hydrogen-bond donors (Lipinski definition) is 0. The number of ether oxygens (including phenoxy) is 3. The molecule has 57 heavy (non-hydrogen) atoms. The Morgan fingerprint density at radius 3 is 1.30 bits per heavy atom. The fourth-order valence-corrected chi connectivity index (χ4v) is 5.21. The molecule has 0 aromatic heterocycles. The molecule has 0 aromatic carbocycles. The Morgan fingerprint density at radius 2 is 0.789 bits per heavy atom. The van der Waals surface area contributed by atoms with Crippen LogP contribution < -0.4 is 0 Å². The van der Waals surface area contributed by atoms with E-state index in [1.165, 1.54) is 19.3 Å². The SMILES string of the molecule is CC/C=C\C/C=C\C/C=C\C/C=C\C/C=C\CC(=O)OCC(COC(=O)CCCCCCC/C=C\CCCC)OC(=O)CC/C=C\C/C=C\C/C=C\C/C=C\CC. The van der Waals surface area contributed by atoms with Crippen molar-refractivity contribution in [3.05, 3.63) is 122 Å². The Morgan fingerprint density at radius 1 is 0.386 bits per heavy atom. The number of carbonyl (C=O) groups is 3. The minimum atomic E-state index is -0.860. The summed E-state index contributed by atoms with van der Waals surface area (Å²) >= 11 is 0. The van der Waals surface area contributed by atoms with Crippen LogP contribution in [0.25, 0.3) is 0 Å². The van der Waals surface area contributed by atoms with Gasteiger partial charge < -0.3 is 14.2 Å². The first-order valence-corrected chi connectivity index (χ1v) is 22.0. The maximum absolute atomic E-state index is 12.7. The molecule has 0 aromatic rings. The van der Waals surface area contributed by atoms with E-state index in [0.29, 0.717) is 12.8 Å². The third-order valence-electron chi connectivity index (χ3n) is 8.48. The summed E-state index contributed by atoms with van der Waals surface area (Å²) in [4.78, 5) is 37.6. The van der Waals surface area contributed by atoms with Crippen molar-refractivity contribution >= 4 is 17.9 Å². The molecule has 6 nitrogen and oxygen atoms in total. The minimum Gasteiger partial charge on any atom is -0.462 e. The molecule has 0 spiro atoms. The average molecular weight is 787 g/mol. The molecule has 0 aliphatic carbocycles. The number of esters is 3. The van der Waals surface area contributed by atoms with Crippen molar-refractivity contribution in [2.24, 2.45) is 0 Å². The van der Waals surface area contributed by atoms with E-state index in [9.17, 15) is 14.4 Å². The lowest BCUT2D eigenvalue weighted by Gasteiger charge is -2.18. The third kappa shape index (κ3) is 42.8. The van der Waals surface area contributed by atoms with Crippen molar-refractivity contribution < 1.29 is 28.6 Å². The molecule has 1 atom stereocenters. The summed E-state index contributed by atoms with van der Waals surface area (Å²) < 4.78 is 16.5. The molecule has 0 saturated carbocycles. The zero-order valence-corrected chi connectivity index (χ0v) is 36.0. The van der Waals surface area contributed by atoms with E-state index in [0.717, 1.165) is 96.3 Å². The number of carbonyl (C=O) groups excluding carboxylic acids is 3. The van der Waals surface area contributed by atoms with E-state index in [1.807, 2.05) is 18.2 Å². The monoisotopic (exact) mass is 787 g/mol. The molecule has 0 aliphatic rings. The van der Waals surface area contributed by atoms with E-state index in [-0.39, 0.29) is 32.0 Å². The Balaban J connectivity index is 4.66. The van der Waals surface area contributed by atoms with Crippen molar-refractivity contribution in [2.45, 2.75) is 168 Å². The van der Waals surface area contributed by atoms with Gasteiger partial charge in [-0.05, 0) is 89.9 Å². The second kappa shape index (κ2) is 44.5. The smallest absolute Gasteiger partial charge is 0.309 e. The van der Waals surface area contributed by atoms with Crippen LogP contribution in [-0.4, -0.2) is 37.2 Å². The summed E-state index contributed by atoms with van der Waals surface area (Å²) in [5.74, 6) is -1.19. The van der Waals surface area contributed by atoms with Crippen molar-refractivity contribution in [1.29, 1.82) is 0 Å². The molecule has 0 radical (unpaired) electrons. The van der Waals surface area contributed by atoms with Gasteiger partial charge in [-0.1, -0.05) is 174 Å². The molecule has 0 N–H and O–H groups in total. The van der Waals surface area contributed by atoms with E-state index in [4.69, 9.17) is 14.2 Å². The van der Waals surface area contributed by atoms with Gasteiger partial charge in [0.2, 0.25) is 0 Å². The van der Waals surface area contributed by atoms with Crippen LogP contribution in [0.1, 0.15) is 162 Å². The van der Waals surface area contributed by atoms with E-state index in [1.54, 1.807) is 6.08 Å². The fourth-order valence-electron chi connectivity index (χ4n) is 5.21. The van der Waals surface area contributed by atoms with Gasteiger partial charge in [0, 0.05) is 12.8 Å². The molecule has 0 aliphatic heterocycles. The van der Waals surface area contributed by atoms with Gasteiger partial charge in [0.15, 0.2) is 6.10 Å². The van der Waals surface area contributed by atoms with Crippen LogP contribution in [0, 0.1) is 0 Å². The topological polar surface area (TPSA) is 78.9 Å². The number of rotatable bonds is 37. The molecule has 0 bridgehead atoms. The molecular formula is C51H78O6. The highest BCUT2D eigenvalue weighted by Gasteiger charge is 2.19. The molecule has 0 fully saturated rings. The summed E-state index contributed by atoms with van der Waals surface area (Å²) in [7, 11) is 0. The van der Waals surface area contributed by atoms with Gasteiger partial charge in [-0.3, -0.25) is 14.4 Å². The molecule has 1 unspecified atom stereocenters. The van der Waals surface area contributed by atoms with Crippen molar-refractivity contribution in [3.8, 4) is 0 Å². The lowest BCUT2D eigenvalue weighted by Crippen LogP contribution is -2.30. The summed E-state index contributed by atoms with van der Waals surface area (Å²) in [6.07, 6.45) is 60.8. The van der Waals surface area contributed by atoms with Gasteiger partial charge in [-0.15, -0.1) is 0 Å². The number of hydrogen-bond acceptors (Lipinski definition) is 6. The molecule has 0 amide bonds. The highest BCUT2D eigenvalue weighted by atomic mass is 16.6. The maximum Gasteiger partial charge on any atom is 0.309 e. The Bertz CT molecular complexity index is 1270. The van der Waals surface area contributed by atoms with Crippen molar-refractivity contribution in [3.63, 3.8) is 0 Å². The zero-order chi connectivity index (χ0) is 41.5. The first kappa shape index (κ1) is 52.8. The Labute approximate surface area is 348 Å². The Hall–Kier alpha value is -4.19. The third-order valence-corrected chi connectivity index (χ3v) is 8.48. The second-order valence-electron chi connectivity index (χ2n) is 13.8. The van der Waals surface area contributed by atoms with Crippen LogP contribution in [0.2, 0.25) is 0 Å². The zero-order valence-electron chi connectivity index (χ0n) is 36.0. The van der Waals surface area contributed by atoms with Gasteiger partial charge in [-0.2, -0.15) is 0 Å². The van der Waals surface area contributed by atoms with Crippen LogP contribution >= 0.6 is 0 Å². The average Bonchev–Trinajstić information content (AvgIpc) is 3.21. The predicted molar refractivity (Wildman–Crippen MR) is 242 cm³/mol. The quantitative estimate of drug-likeness (QED) is 0.0270. The van der Waals surface area contributed by atoms with Crippen LogP contribution in [0.4, 0.5) is 0 Å². The molecule has 0 rings (SSSR count). The lowest BCUT2D eigenvalue weighted by molar-refractivity contribution is -0.166. The van der Waals surface area contributed by atoms with E-state index < -0.39 is 18.0 Å². The van der Waals surface area contributed by atoms with Crippen LogP contribution in [0.3, 0.4) is 0 Å². The Kier molecular flexibility index (Phi) is 41.3. The molecular weight excluding hydrogens is 709 g/mol. The summed E-state index contributed by atoms with van der Waals surface area (Å²) in [5, 5.41) is 0. The predicted octanol–water partition coefficient (Wildman–Crippen LogP) is 14.2. The first-order chi connectivity index (χ1) is 28.0. The van der Waals surface area contributed by atoms with Gasteiger partial charge in [0.1, 0.15) is 13.2 Å². The van der Waals surface area contributed by atoms with Crippen molar-refractivity contribution in [1.82, 2.24) is 0 Å². The summed E-state index contributed by atoms with van der Waals surface area (Å²) in [6.45, 7) is 6.16.